The van der Waals surface area contributed by atoms with Crippen molar-refractivity contribution in [3.8, 4) is 0 Å². The molecule has 0 amide bonds. The number of alkyl halides is 2. The predicted molar refractivity (Wildman–Crippen MR) is 98.2 cm³/mol. The van der Waals surface area contributed by atoms with Crippen molar-refractivity contribution >= 4 is 23.2 Å². The third-order valence-electron chi connectivity index (χ3n) is 4.14. The van der Waals surface area contributed by atoms with Crippen LogP contribution in [0.2, 0.25) is 0 Å². The summed E-state index contributed by atoms with van der Waals surface area (Å²) in [7, 11) is 0. The van der Waals surface area contributed by atoms with E-state index in [4.69, 9.17) is 23.2 Å². The molecule has 0 N–H and O–H groups in total. The van der Waals surface area contributed by atoms with Gasteiger partial charge in [-0.3, -0.25) is 0 Å². The first-order valence-electron chi connectivity index (χ1n) is 7.69. The summed E-state index contributed by atoms with van der Waals surface area (Å²) < 4.78 is 0. The van der Waals surface area contributed by atoms with Crippen molar-refractivity contribution in [1.82, 2.24) is 0 Å². The van der Waals surface area contributed by atoms with Crippen molar-refractivity contribution in [1.29, 1.82) is 0 Å². The molecule has 0 saturated heterocycles. The Kier molecular flexibility index (Phi) is 4.94. The molecular weight excluding hydrogens is 311 g/mol. The number of hydrogen-bond donors (Lipinski definition) is 0. The molecule has 22 heavy (non-hydrogen) atoms. The van der Waals surface area contributed by atoms with E-state index in [0.29, 0.717) is 0 Å². The average Bonchev–Trinajstić information content (AvgIpc) is 2.45. The Hall–Kier alpha value is -0.980. The Balaban J connectivity index is 2.58. The Morgan fingerprint density at radius 3 is 1.32 bits per heavy atom. The van der Waals surface area contributed by atoms with E-state index in [0.717, 1.165) is 0 Å². The zero-order chi connectivity index (χ0) is 16.5. The third kappa shape index (κ3) is 3.67. The molecule has 0 aromatic heterocycles. The van der Waals surface area contributed by atoms with E-state index in [1.54, 1.807) is 0 Å². The van der Waals surface area contributed by atoms with Crippen molar-refractivity contribution in [2.24, 2.45) is 0 Å². The van der Waals surface area contributed by atoms with Crippen molar-refractivity contribution in [2.75, 3.05) is 0 Å². The Morgan fingerprint density at radius 2 is 1.00 bits per heavy atom. The molecular formula is C20H24Cl2. The highest BCUT2D eigenvalue weighted by atomic mass is 35.5. The van der Waals surface area contributed by atoms with E-state index in [9.17, 15) is 0 Å². The first-order valence-corrected chi connectivity index (χ1v) is 8.44. The third-order valence-corrected chi connectivity index (χ3v) is 4.54. The van der Waals surface area contributed by atoms with Gasteiger partial charge < -0.3 is 0 Å². The molecule has 0 unspecified atom stereocenters. The first kappa shape index (κ1) is 17.4. The highest BCUT2D eigenvalue weighted by molar-refractivity contribution is 6.24. The van der Waals surface area contributed by atoms with Gasteiger partial charge in [0, 0.05) is 5.92 Å². The molecule has 2 rings (SSSR count). The fraction of sp³-hybridized carbons (Fsp3) is 0.400. The molecule has 0 fully saturated rings. The smallest absolute Gasteiger partial charge is 0.0641 e. The van der Waals surface area contributed by atoms with Crippen molar-refractivity contribution < 1.29 is 0 Å². The summed E-state index contributed by atoms with van der Waals surface area (Å²) in [6, 6.07) is 16.8. The van der Waals surface area contributed by atoms with Gasteiger partial charge in [-0.15, -0.1) is 23.2 Å². The topological polar surface area (TPSA) is 0 Å². The predicted octanol–water partition coefficient (Wildman–Crippen LogP) is 6.79. The van der Waals surface area contributed by atoms with Crippen LogP contribution in [-0.2, 0) is 9.75 Å². The van der Waals surface area contributed by atoms with Crippen molar-refractivity contribution in [2.45, 2.75) is 50.3 Å². The second kappa shape index (κ2) is 6.26. The van der Waals surface area contributed by atoms with Gasteiger partial charge in [0.2, 0.25) is 0 Å². The Labute approximate surface area is 144 Å². The standard InChI is InChI=1S/C20H24Cl2/c1-14(15-10-6-8-12-17(15)19(2,3)21)16-11-7-9-13-18(16)20(4,5)22/h6-14H,1-5H3. The highest BCUT2D eigenvalue weighted by Crippen LogP contribution is 2.40. The molecule has 0 aliphatic carbocycles. The van der Waals surface area contributed by atoms with Gasteiger partial charge in [-0.2, -0.15) is 0 Å². The van der Waals surface area contributed by atoms with E-state index in [1.165, 1.54) is 22.3 Å². The fourth-order valence-corrected chi connectivity index (χ4v) is 3.34. The number of rotatable bonds is 4. The Bertz CT molecular complexity index is 588. The van der Waals surface area contributed by atoms with Gasteiger partial charge in [-0.25, -0.2) is 0 Å². The maximum absolute atomic E-state index is 6.60. The lowest BCUT2D eigenvalue weighted by molar-refractivity contribution is 0.715. The largest absolute Gasteiger partial charge is 0.115 e. The van der Waals surface area contributed by atoms with Gasteiger partial charge in [0.05, 0.1) is 9.75 Å². The fourth-order valence-electron chi connectivity index (χ4n) is 3.00. The quantitative estimate of drug-likeness (QED) is 0.540. The number of halogens is 2. The maximum Gasteiger partial charge on any atom is 0.0641 e. The first-order chi connectivity index (χ1) is 10.1. The SMILES string of the molecule is CC(c1ccccc1C(C)(C)Cl)c1ccccc1C(C)(C)Cl. The molecule has 0 aliphatic heterocycles. The minimum Gasteiger partial charge on any atom is -0.115 e. The highest BCUT2D eigenvalue weighted by Gasteiger charge is 2.27. The van der Waals surface area contributed by atoms with Gasteiger partial charge in [-0.05, 0) is 49.9 Å². The summed E-state index contributed by atoms with van der Waals surface area (Å²) in [4.78, 5) is -0.785. The summed E-state index contributed by atoms with van der Waals surface area (Å²) in [5.41, 5.74) is 4.87. The number of hydrogen-bond acceptors (Lipinski definition) is 0. The van der Waals surface area contributed by atoms with Crippen LogP contribution < -0.4 is 0 Å². The molecule has 0 aliphatic rings. The molecule has 0 radical (unpaired) electrons. The van der Waals surface area contributed by atoms with Gasteiger partial charge in [0.25, 0.3) is 0 Å². The lowest BCUT2D eigenvalue weighted by Crippen LogP contribution is -2.16. The van der Waals surface area contributed by atoms with Gasteiger partial charge in [0.15, 0.2) is 0 Å². The monoisotopic (exact) mass is 334 g/mol. The summed E-state index contributed by atoms with van der Waals surface area (Å²) in [5.74, 6) is 0.239. The minimum atomic E-state index is -0.393. The normalized spacial score (nSPS) is 12.7. The van der Waals surface area contributed by atoms with Crippen LogP contribution in [0.25, 0.3) is 0 Å². The molecule has 0 spiro atoms. The van der Waals surface area contributed by atoms with Crippen LogP contribution in [0.5, 0.6) is 0 Å². The zero-order valence-electron chi connectivity index (χ0n) is 14.0. The summed E-state index contributed by atoms with van der Waals surface area (Å²) in [5, 5.41) is 0. The van der Waals surface area contributed by atoms with Crippen LogP contribution in [0, 0.1) is 0 Å². The van der Waals surface area contributed by atoms with E-state index < -0.39 is 9.75 Å². The minimum absolute atomic E-state index is 0.239. The summed E-state index contributed by atoms with van der Waals surface area (Å²) in [6.07, 6.45) is 0. The van der Waals surface area contributed by atoms with Gasteiger partial charge in [0.1, 0.15) is 0 Å². The average molecular weight is 335 g/mol. The molecule has 0 bridgehead atoms. The molecule has 2 aromatic rings. The summed E-state index contributed by atoms with van der Waals surface area (Å²) >= 11 is 13.2. The molecule has 2 aromatic carbocycles. The lowest BCUT2D eigenvalue weighted by Gasteiger charge is -2.28. The van der Waals surface area contributed by atoms with Crippen LogP contribution in [0.3, 0.4) is 0 Å². The van der Waals surface area contributed by atoms with Crippen molar-refractivity contribution in [3.63, 3.8) is 0 Å². The van der Waals surface area contributed by atoms with E-state index in [2.05, 4.69) is 43.3 Å². The zero-order valence-corrected chi connectivity index (χ0v) is 15.5. The van der Waals surface area contributed by atoms with Gasteiger partial charge in [-0.1, -0.05) is 55.5 Å². The molecule has 0 heterocycles. The second-order valence-corrected chi connectivity index (χ2v) is 8.73. The second-order valence-electron chi connectivity index (χ2n) is 6.84. The van der Waals surface area contributed by atoms with E-state index in [1.807, 2.05) is 39.8 Å². The summed E-state index contributed by atoms with van der Waals surface area (Å²) in [6.45, 7) is 10.4. The number of benzene rings is 2. The molecule has 0 saturated carbocycles. The molecule has 0 atom stereocenters. The molecule has 0 nitrogen and oxygen atoms in total. The van der Waals surface area contributed by atoms with Crippen LogP contribution in [0.1, 0.15) is 62.8 Å². The van der Waals surface area contributed by atoms with Crippen LogP contribution >= 0.6 is 23.2 Å². The lowest BCUT2D eigenvalue weighted by atomic mass is 9.81. The van der Waals surface area contributed by atoms with Crippen LogP contribution in [0.4, 0.5) is 0 Å². The molecule has 2 heteroatoms. The van der Waals surface area contributed by atoms with Crippen LogP contribution in [-0.4, -0.2) is 0 Å². The van der Waals surface area contributed by atoms with Crippen LogP contribution in [0.15, 0.2) is 48.5 Å². The van der Waals surface area contributed by atoms with E-state index >= 15 is 0 Å². The van der Waals surface area contributed by atoms with Gasteiger partial charge >= 0.3 is 0 Å². The maximum atomic E-state index is 6.60. The Morgan fingerprint density at radius 1 is 0.682 bits per heavy atom. The molecule has 118 valence electrons. The van der Waals surface area contributed by atoms with Crippen molar-refractivity contribution in [3.05, 3.63) is 70.8 Å². The van der Waals surface area contributed by atoms with E-state index in [-0.39, 0.29) is 5.92 Å².